The quantitative estimate of drug-likeness (QED) is 0.756. The van der Waals surface area contributed by atoms with Crippen LogP contribution in [-0.4, -0.2) is 40.7 Å². The van der Waals surface area contributed by atoms with Gasteiger partial charge in [0, 0.05) is 12.0 Å². The zero-order valence-electron chi connectivity index (χ0n) is 15.8. The van der Waals surface area contributed by atoms with E-state index in [1.54, 1.807) is 42.5 Å². The number of nitrogens with zero attached hydrogens (tertiary/aromatic N) is 1. The van der Waals surface area contributed by atoms with Gasteiger partial charge in [0.1, 0.15) is 0 Å². The number of aliphatic carboxylic acids is 1. The third kappa shape index (κ3) is 4.94. The van der Waals surface area contributed by atoms with E-state index < -0.39 is 11.6 Å². The third-order valence-electron chi connectivity index (χ3n) is 5.06. The number of hydrogen-bond donors (Lipinski definition) is 2. The van der Waals surface area contributed by atoms with E-state index in [4.69, 9.17) is 0 Å². The van der Waals surface area contributed by atoms with E-state index in [0.717, 1.165) is 25.2 Å². The van der Waals surface area contributed by atoms with E-state index >= 15 is 0 Å². The predicted molar refractivity (Wildman–Crippen MR) is 113 cm³/mol. The molecule has 1 unspecified atom stereocenters. The van der Waals surface area contributed by atoms with Gasteiger partial charge in [0.2, 0.25) is 5.60 Å². The number of hydrogen-bond acceptors (Lipinski definition) is 3. The van der Waals surface area contributed by atoms with Crippen molar-refractivity contribution in [1.82, 2.24) is 4.90 Å². The van der Waals surface area contributed by atoms with Crippen LogP contribution in [0.4, 0.5) is 0 Å². The SMILES string of the molecule is Cl.O=C(O)C(O)(c1ccccc1)c1ccccc1CC#CCN1CCCCC1. The second-order valence-corrected chi connectivity index (χ2v) is 6.91. The lowest BCUT2D eigenvalue weighted by Gasteiger charge is -2.26. The van der Waals surface area contributed by atoms with Crippen LogP contribution in [0, 0.1) is 11.8 Å². The van der Waals surface area contributed by atoms with Gasteiger partial charge in [-0.25, -0.2) is 4.79 Å². The maximum absolute atomic E-state index is 12.0. The number of carboxylic acid groups (broad SMARTS) is 1. The first-order valence-corrected chi connectivity index (χ1v) is 9.40. The number of benzene rings is 2. The molecular formula is C23H26ClNO3. The fourth-order valence-corrected chi connectivity index (χ4v) is 3.54. The molecule has 1 aliphatic heterocycles. The van der Waals surface area contributed by atoms with E-state index in [1.807, 2.05) is 12.1 Å². The van der Waals surface area contributed by atoms with Gasteiger partial charge >= 0.3 is 5.97 Å². The average molecular weight is 400 g/mol. The van der Waals surface area contributed by atoms with Gasteiger partial charge in [0.15, 0.2) is 0 Å². The van der Waals surface area contributed by atoms with E-state index in [1.165, 1.54) is 19.3 Å². The summed E-state index contributed by atoms with van der Waals surface area (Å²) in [6.45, 7) is 2.93. The number of piperidine rings is 1. The fraction of sp³-hybridized carbons (Fsp3) is 0.348. The summed E-state index contributed by atoms with van der Waals surface area (Å²) in [7, 11) is 0. The van der Waals surface area contributed by atoms with Crippen molar-refractivity contribution in [3.05, 3.63) is 71.3 Å². The van der Waals surface area contributed by atoms with Crippen LogP contribution in [0.3, 0.4) is 0 Å². The zero-order chi connectivity index (χ0) is 19.1. The van der Waals surface area contributed by atoms with Gasteiger partial charge in [-0.2, -0.15) is 0 Å². The van der Waals surface area contributed by atoms with Crippen LogP contribution in [0.5, 0.6) is 0 Å². The Balaban J connectivity index is 0.00000280. The zero-order valence-corrected chi connectivity index (χ0v) is 16.6. The first-order valence-electron chi connectivity index (χ1n) is 9.40. The second-order valence-electron chi connectivity index (χ2n) is 6.91. The van der Waals surface area contributed by atoms with Crippen LogP contribution in [0.25, 0.3) is 0 Å². The van der Waals surface area contributed by atoms with Crippen molar-refractivity contribution in [2.45, 2.75) is 31.3 Å². The monoisotopic (exact) mass is 399 g/mol. The highest BCUT2D eigenvalue weighted by molar-refractivity contribution is 5.85. The summed E-state index contributed by atoms with van der Waals surface area (Å²) in [4.78, 5) is 14.4. The minimum Gasteiger partial charge on any atom is -0.479 e. The van der Waals surface area contributed by atoms with Crippen LogP contribution in [0.1, 0.15) is 36.0 Å². The standard InChI is InChI=1S/C23H25NO3.ClH/c25-22(26)23(27,20-13-3-1-4-14-20)21-15-6-5-11-19(21)12-7-10-18-24-16-8-2-9-17-24;/h1,3-6,11,13-15,27H,2,8-9,12,16-18H2,(H,25,26);1H. The Morgan fingerprint density at radius 1 is 0.964 bits per heavy atom. The van der Waals surface area contributed by atoms with Crippen molar-refractivity contribution < 1.29 is 15.0 Å². The molecule has 0 amide bonds. The molecule has 0 bridgehead atoms. The van der Waals surface area contributed by atoms with Crippen molar-refractivity contribution in [3.63, 3.8) is 0 Å². The molecule has 2 N–H and O–H groups in total. The fourth-order valence-electron chi connectivity index (χ4n) is 3.54. The Bertz CT molecular complexity index is 838. The lowest BCUT2D eigenvalue weighted by atomic mass is 9.83. The first-order chi connectivity index (χ1) is 13.1. The Morgan fingerprint density at radius 2 is 1.61 bits per heavy atom. The van der Waals surface area contributed by atoms with Crippen molar-refractivity contribution >= 4 is 18.4 Å². The molecule has 0 spiro atoms. The van der Waals surface area contributed by atoms with E-state index in [2.05, 4.69) is 16.7 Å². The Morgan fingerprint density at radius 3 is 2.29 bits per heavy atom. The van der Waals surface area contributed by atoms with Crippen molar-refractivity contribution in [2.75, 3.05) is 19.6 Å². The molecule has 28 heavy (non-hydrogen) atoms. The molecule has 5 heteroatoms. The number of halogens is 1. The van der Waals surface area contributed by atoms with Gasteiger partial charge in [-0.05, 0) is 37.1 Å². The maximum atomic E-state index is 12.0. The second kappa shape index (κ2) is 10.3. The summed E-state index contributed by atoms with van der Waals surface area (Å²) < 4.78 is 0. The molecule has 4 nitrogen and oxygen atoms in total. The lowest BCUT2D eigenvalue weighted by Crippen LogP contribution is -2.37. The van der Waals surface area contributed by atoms with Gasteiger partial charge in [-0.3, -0.25) is 4.90 Å². The average Bonchev–Trinajstić information content (AvgIpc) is 2.72. The Kier molecular flexibility index (Phi) is 8.07. The summed E-state index contributed by atoms with van der Waals surface area (Å²) in [6.07, 6.45) is 4.16. The molecular weight excluding hydrogens is 374 g/mol. The predicted octanol–water partition coefficient (Wildman–Crippen LogP) is 3.46. The molecule has 1 heterocycles. The highest BCUT2D eigenvalue weighted by atomic mass is 35.5. The minimum absolute atomic E-state index is 0. The van der Waals surface area contributed by atoms with Crippen molar-refractivity contribution in [2.24, 2.45) is 0 Å². The molecule has 1 atom stereocenters. The van der Waals surface area contributed by atoms with Crippen LogP contribution >= 0.6 is 12.4 Å². The van der Waals surface area contributed by atoms with Crippen LogP contribution in [-0.2, 0) is 16.8 Å². The summed E-state index contributed by atoms with van der Waals surface area (Å²) in [5.74, 6) is 5.06. The summed E-state index contributed by atoms with van der Waals surface area (Å²) in [5, 5.41) is 20.9. The van der Waals surface area contributed by atoms with Gasteiger partial charge < -0.3 is 10.2 Å². The molecule has 1 fully saturated rings. The third-order valence-corrected chi connectivity index (χ3v) is 5.06. The number of carboxylic acids is 1. The maximum Gasteiger partial charge on any atom is 0.345 e. The number of carbonyl (C=O) groups is 1. The highest BCUT2D eigenvalue weighted by Gasteiger charge is 2.41. The molecule has 1 aliphatic rings. The molecule has 0 aromatic heterocycles. The minimum atomic E-state index is -2.09. The van der Waals surface area contributed by atoms with Gasteiger partial charge in [0.25, 0.3) is 0 Å². The first kappa shape index (κ1) is 22.0. The molecule has 0 aliphatic carbocycles. The lowest BCUT2D eigenvalue weighted by molar-refractivity contribution is -0.155. The summed E-state index contributed by atoms with van der Waals surface area (Å²) >= 11 is 0. The van der Waals surface area contributed by atoms with E-state index in [0.29, 0.717) is 17.5 Å². The number of rotatable bonds is 5. The highest BCUT2D eigenvalue weighted by Crippen LogP contribution is 2.32. The molecule has 2 aromatic carbocycles. The van der Waals surface area contributed by atoms with Crippen LogP contribution < -0.4 is 0 Å². The summed E-state index contributed by atoms with van der Waals surface area (Å²) in [5.41, 5.74) is -0.647. The molecule has 0 saturated carbocycles. The van der Waals surface area contributed by atoms with Crippen molar-refractivity contribution in [1.29, 1.82) is 0 Å². The van der Waals surface area contributed by atoms with Crippen molar-refractivity contribution in [3.8, 4) is 11.8 Å². The molecule has 1 saturated heterocycles. The number of likely N-dealkylation sites (tertiary alicyclic amines) is 1. The Labute approximate surface area is 172 Å². The molecule has 3 rings (SSSR count). The summed E-state index contributed by atoms with van der Waals surface area (Å²) in [6, 6.07) is 15.6. The Hall–Kier alpha value is -2.32. The molecule has 148 valence electrons. The van der Waals surface area contributed by atoms with Gasteiger partial charge in [-0.15, -0.1) is 12.4 Å². The van der Waals surface area contributed by atoms with E-state index in [9.17, 15) is 15.0 Å². The van der Waals surface area contributed by atoms with Gasteiger partial charge in [-0.1, -0.05) is 72.9 Å². The normalized spacial score (nSPS) is 16.2. The largest absolute Gasteiger partial charge is 0.479 e. The van der Waals surface area contributed by atoms with Crippen LogP contribution in [0.2, 0.25) is 0 Å². The van der Waals surface area contributed by atoms with E-state index in [-0.39, 0.29) is 12.4 Å². The number of aliphatic hydroxyl groups is 1. The smallest absolute Gasteiger partial charge is 0.345 e. The molecule has 0 radical (unpaired) electrons. The van der Waals surface area contributed by atoms with Crippen LogP contribution in [0.15, 0.2) is 54.6 Å². The van der Waals surface area contributed by atoms with Gasteiger partial charge in [0.05, 0.1) is 6.54 Å². The topological polar surface area (TPSA) is 60.8 Å². The molecule has 2 aromatic rings.